The number of piperazine rings is 1. The highest BCUT2D eigenvalue weighted by Gasteiger charge is 2.22. The minimum Gasteiger partial charge on any atom is -0.339 e. The summed E-state index contributed by atoms with van der Waals surface area (Å²) in [6, 6.07) is 7.60. The van der Waals surface area contributed by atoms with Crippen LogP contribution >= 0.6 is 0 Å². The molecule has 20 heavy (non-hydrogen) atoms. The van der Waals surface area contributed by atoms with Crippen LogP contribution in [0.2, 0.25) is 0 Å². The molecular formula is C16H24N2O2. The number of carbonyl (C=O) groups excluding carboxylic acids is 2. The Balaban J connectivity index is 0.000000956. The summed E-state index contributed by atoms with van der Waals surface area (Å²) < 4.78 is 0. The molecule has 0 radical (unpaired) electrons. The molecular weight excluding hydrogens is 252 g/mol. The van der Waals surface area contributed by atoms with E-state index in [0.717, 1.165) is 11.1 Å². The molecule has 0 N–H and O–H groups in total. The maximum Gasteiger partial charge on any atom is 0.253 e. The van der Waals surface area contributed by atoms with Crippen molar-refractivity contribution >= 4 is 11.8 Å². The predicted molar refractivity (Wildman–Crippen MR) is 80.7 cm³/mol. The lowest BCUT2D eigenvalue weighted by molar-refractivity contribution is -0.130. The fourth-order valence-electron chi connectivity index (χ4n) is 2.10. The maximum atomic E-state index is 12.2. The van der Waals surface area contributed by atoms with Gasteiger partial charge in [0.15, 0.2) is 0 Å². The van der Waals surface area contributed by atoms with E-state index in [4.69, 9.17) is 0 Å². The van der Waals surface area contributed by atoms with E-state index < -0.39 is 0 Å². The van der Waals surface area contributed by atoms with Gasteiger partial charge >= 0.3 is 0 Å². The molecule has 1 fully saturated rings. The molecule has 110 valence electrons. The SMILES string of the molecule is CC.CC(=O)N1CCN(C(=O)c2ccc(C)cc2)CC1. The van der Waals surface area contributed by atoms with Crippen LogP contribution in [0, 0.1) is 6.92 Å². The van der Waals surface area contributed by atoms with Gasteiger partial charge in [-0.15, -0.1) is 0 Å². The molecule has 2 rings (SSSR count). The zero-order valence-corrected chi connectivity index (χ0v) is 12.8. The first-order valence-corrected chi connectivity index (χ1v) is 7.19. The quantitative estimate of drug-likeness (QED) is 0.790. The molecule has 1 aliphatic heterocycles. The van der Waals surface area contributed by atoms with E-state index in [1.807, 2.05) is 49.9 Å². The molecule has 4 heteroatoms. The zero-order valence-electron chi connectivity index (χ0n) is 12.8. The molecule has 0 spiro atoms. The number of hydrogen-bond donors (Lipinski definition) is 0. The third-order valence-electron chi connectivity index (χ3n) is 3.31. The van der Waals surface area contributed by atoms with Gasteiger partial charge in [0.1, 0.15) is 0 Å². The highest BCUT2D eigenvalue weighted by molar-refractivity contribution is 5.94. The van der Waals surface area contributed by atoms with Gasteiger partial charge in [-0.1, -0.05) is 31.5 Å². The van der Waals surface area contributed by atoms with Crippen molar-refractivity contribution in [2.24, 2.45) is 0 Å². The van der Waals surface area contributed by atoms with Gasteiger partial charge in [0.25, 0.3) is 5.91 Å². The number of aryl methyl sites for hydroxylation is 1. The average molecular weight is 276 g/mol. The number of benzene rings is 1. The molecule has 2 amide bonds. The molecule has 1 aromatic rings. The minimum atomic E-state index is 0.0539. The summed E-state index contributed by atoms with van der Waals surface area (Å²) in [4.78, 5) is 27.0. The van der Waals surface area contributed by atoms with E-state index >= 15 is 0 Å². The van der Waals surface area contributed by atoms with Gasteiger partial charge in [0.2, 0.25) is 5.91 Å². The predicted octanol–water partition coefficient (Wildman–Crippen LogP) is 2.33. The first kappa shape index (κ1) is 16.2. The van der Waals surface area contributed by atoms with Crippen molar-refractivity contribution in [2.45, 2.75) is 27.7 Å². The van der Waals surface area contributed by atoms with Crippen LogP contribution in [0.15, 0.2) is 24.3 Å². The van der Waals surface area contributed by atoms with Crippen LogP contribution < -0.4 is 0 Å². The number of hydrogen-bond acceptors (Lipinski definition) is 2. The van der Waals surface area contributed by atoms with Crippen molar-refractivity contribution in [1.82, 2.24) is 9.80 Å². The average Bonchev–Trinajstić information content (AvgIpc) is 2.49. The molecule has 0 unspecified atom stereocenters. The Labute approximate surface area is 121 Å². The molecule has 4 nitrogen and oxygen atoms in total. The standard InChI is InChI=1S/C14H18N2O2.C2H6/c1-11-3-5-13(6-4-11)14(18)16-9-7-15(8-10-16)12(2)17;1-2/h3-6H,7-10H2,1-2H3;1-2H3. The van der Waals surface area contributed by atoms with Crippen molar-refractivity contribution in [3.8, 4) is 0 Å². The van der Waals surface area contributed by atoms with Crippen molar-refractivity contribution < 1.29 is 9.59 Å². The van der Waals surface area contributed by atoms with Crippen molar-refractivity contribution in [1.29, 1.82) is 0 Å². The highest BCUT2D eigenvalue weighted by atomic mass is 16.2. The molecule has 1 aromatic carbocycles. The van der Waals surface area contributed by atoms with Gasteiger partial charge in [-0.2, -0.15) is 0 Å². The first-order valence-electron chi connectivity index (χ1n) is 7.19. The fraction of sp³-hybridized carbons (Fsp3) is 0.500. The van der Waals surface area contributed by atoms with Crippen LogP contribution in [0.3, 0.4) is 0 Å². The van der Waals surface area contributed by atoms with Crippen LogP contribution in [0.1, 0.15) is 36.7 Å². The van der Waals surface area contributed by atoms with E-state index in [0.29, 0.717) is 26.2 Å². The van der Waals surface area contributed by atoms with Gasteiger partial charge in [-0.05, 0) is 19.1 Å². The van der Waals surface area contributed by atoms with E-state index in [1.54, 1.807) is 11.8 Å². The summed E-state index contributed by atoms with van der Waals surface area (Å²) in [5, 5.41) is 0. The maximum absolute atomic E-state index is 12.2. The van der Waals surface area contributed by atoms with Crippen LogP contribution in [-0.4, -0.2) is 47.8 Å². The van der Waals surface area contributed by atoms with Crippen LogP contribution in [0.25, 0.3) is 0 Å². The number of carbonyl (C=O) groups is 2. The lowest BCUT2D eigenvalue weighted by Gasteiger charge is -2.34. The van der Waals surface area contributed by atoms with E-state index in [-0.39, 0.29) is 11.8 Å². The minimum absolute atomic E-state index is 0.0539. The highest BCUT2D eigenvalue weighted by Crippen LogP contribution is 2.10. The van der Waals surface area contributed by atoms with Gasteiger partial charge in [0.05, 0.1) is 0 Å². The van der Waals surface area contributed by atoms with Crippen molar-refractivity contribution in [3.63, 3.8) is 0 Å². The van der Waals surface area contributed by atoms with Crippen LogP contribution in [0.4, 0.5) is 0 Å². The van der Waals surface area contributed by atoms with E-state index in [9.17, 15) is 9.59 Å². The van der Waals surface area contributed by atoms with Gasteiger partial charge in [-0.3, -0.25) is 9.59 Å². The normalized spacial score (nSPS) is 14.4. The zero-order chi connectivity index (χ0) is 15.1. The summed E-state index contributed by atoms with van der Waals surface area (Å²) >= 11 is 0. The van der Waals surface area contributed by atoms with Crippen molar-refractivity contribution in [2.75, 3.05) is 26.2 Å². The monoisotopic (exact) mass is 276 g/mol. The molecule has 0 aliphatic carbocycles. The second-order valence-corrected chi connectivity index (χ2v) is 4.66. The fourth-order valence-corrected chi connectivity index (χ4v) is 2.10. The van der Waals surface area contributed by atoms with Gasteiger partial charge in [-0.25, -0.2) is 0 Å². The lowest BCUT2D eigenvalue weighted by Crippen LogP contribution is -2.50. The molecule has 1 heterocycles. The molecule has 0 aromatic heterocycles. The summed E-state index contributed by atoms with van der Waals surface area (Å²) in [5.74, 6) is 0.135. The van der Waals surface area contributed by atoms with E-state index in [1.165, 1.54) is 0 Å². The van der Waals surface area contributed by atoms with Crippen molar-refractivity contribution in [3.05, 3.63) is 35.4 Å². The van der Waals surface area contributed by atoms with Crippen LogP contribution in [0.5, 0.6) is 0 Å². The number of amides is 2. The van der Waals surface area contributed by atoms with E-state index in [2.05, 4.69) is 0 Å². The second-order valence-electron chi connectivity index (χ2n) is 4.66. The Morgan fingerprint density at radius 1 is 0.900 bits per heavy atom. The lowest BCUT2D eigenvalue weighted by atomic mass is 10.1. The molecule has 0 atom stereocenters. The third-order valence-corrected chi connectivity index (χ3v) is 3.31. The first-order chi connectivity index (χ1) is 9.58. The second kappa shape index (κ2) is 7.68. The molecule has 1 saturated heterocycles. The number of nitrogens with zero attached hydrogens (tertiary/aromatic N) is 2. The smallest absolute Gasteiger partial charge is 0.253 e. The number of rotatable bonds is 1. The van der Waals surface area contributed by atoms with Crippen LogP contribution in [-0.2, 0) is 4.79 Å². The summed E-state index contributed by atoms with van der Waals surface area (Å²) in [6.45, 7) is 10.1. The van der Waals surface area contributed by atoms with Gasteiger partial charge < -0.3 is 9.80 Å². The summed E-state index contributed by atoms with van der Waals surface area (Å²) in [7, 11) is 0. The Kier molecular flexibility index (Phi) is 6.22. The molecule has 0 bridgehead atoms. The van der Waals surface area contributed by atoms with Gasteiger partial charge in [0, 0.05) is 38.7 Å². The summed E-state index contributed by atoms with van der Waals surface area (Å²) in [6.07, 6.45) is 0. The Morgan fingerprint density at radius 3 is 1.80 bits per heavy atom. The topological polar surface area (TPSA) is 40.6 Å². The molecule has 0 saturated carbocycles. The molecule has 1 aliphatic rings. The largest absolute Gasteiger partial charge is 0.339 e. The summed E-state index contributed by atoms with van der Waals surface area (Å²) in [5.41, 5.74) is 1.87. The Morgan fingerprint density at radius 2 is 1.35 bits per heavy atom. The third kappa shape index (κ3) is 4.08. The Hall–Kier alpha value is -1.84. The Bertz CT molecular complexity index is 446.